The second-order valence-electron chi connectivity index (χ2n) is 7.48. The third-order valence-electron chi connectivity index (χ3n) is 5.48. The molecule has 0 bridgehead atoms. The number of H-pyrrole nitrogens is 1. The average Bonchev–Trinajstić information content (AvgIpc) is 3.08. The minimum atomic E-state index is -0.221. The zero-order valence-electron chi connectivity index (χ0n) is 16.0. The SMILES string of the molecule is Cc1ccc(-c2nc(S[C@@H](C)C(=O)N[C@H]3CCC[C@H](C)[C@@H]3C)n[nH]2)cc1. The van der Waals surface area contributed by atoms with E-state index in [4.69, 9.17) is 0 Å². The van der Waals surface area contributed by atoms with Crippen LogP contribution in [0.4, 0.5) is 0 Å². The number of thioether (sulfide) groups is 1. The maximum absolute atomic E-state index is 12.6. The first-order valence-corrected chi connectivity index (χ1v) is 10.3. The van der Waals surface area contributed by atoms with E-state index in [9.17, 15) is 4.79 Å². The van der Waals surface area contributed by atoms with E-state index in [1.165, 1.54) is 30.2 Å². The van der Waals surface area contributed by atoms with E-state index in [1.54, 1.807) is 0 Å². The van der Waals surface area contributed by atoms with Gasteiger partial charge >= 0.3 is 0 Å². The number of aryl methyl sites for hydroxylation is 1. The van der Waals surface area contributed by atoms with Crippen molar-refractivity contribution in [1.82, 2.24) is 20.5 Å². The Labute approximate surface area is 159 Å². The van der Waals surface area contributed by atoms with Gasteiger partial charge in [-0.25, -0.2) is 4.98 Å². The van der Waals surface area contributed by atoms with Gasteiger partial charge in [0, 0.05) is 11.6 Å². The Kier molecular flexibility index (Phi) is 6.01. The highest BCUT2D eigenvalue weighted by atomic mass is 32.2. The van der Waals surface area contributed by atoms with Gasteiger partial charge in [0.1, 0.15) is 0 Å². The van der Waals surface area contributed by atoms with Crippen LogP contribution in [0.15, 0.2) is 29.4 Å². The van der Waals surface area contributed by atoms with Gasteiger partial charge < -0.3 is 5.32 Å². The van der Waals surface area contributed by atoms with Gasteiger partial charge in [-0.1, -0.05) is 68.3 Å². The van der Waals surface area contributed by atoms with Gasteiger partial charge in [0.2, 0.25) is 11.1 Å². The summed E-state index contributed by atoms with van der Waals surface area (Å²) in [6, 6.07) is 8.42. The molecule has 2 aromatic rings. The number of aromatic amines is 1. The van der Waals surface area contributed by atoms with Crippen LogP contribution in [0.3, 0.4) is 0 Å². The number of hydrogen-bond acceptors (Lipinski definition) is 4. The molecule has 6 heteroatoms. The molecule has 5 nitrogen and oxygen atoms in total. The smallest absolute Gasteiger partial charge is 0.233 e. The van der Waals surface area contributed by atoms with E-state index in [0.29, 0.717) is 17.0 Å². The maximum Gasteiger partial charge on any atom is 0.233 e. The Morgan fingerprint density at radius 1 is 1.27 bits per heavy atom. The molecule has 1 aromatic carbocycles. The third-order valence-corrected chi connectivity index (χ3v) is 6.44. The number of aromatic nitrogens is 3. The first-order chi connectivity index (χ1) is 12.4. The maximum atomic E-state index is 12.6. The van der Waals surface area contributed by atoms with Gasteiger partial charge in [-0.15, -0.1) is 5.10 Å². The summed E-state index contributed by atoms with van der Waals surface area (Å²) >= 11 is 1.40. The Morgan fingerprint density at radius 2 is 2.00 bits per heavy atom. The number of carbonyl (C=O) groups excluding carboxylic acids is 1. The molecule has 140 valence electrons. The molecule has 1 saturated carbocycles. The summed E-state index contributed by atoms with van der Waals surface area (Å²) in [5.74, 6) is 2.00. The van der Waals surface area contributed by atoms with Crippen LogP contribution < -0.4 is 5.32 Å². The van der Waals surface area contributed by atoms with Gasteiger partial charge in [0.25, 0.3) is 0 Å². The summed E-state index contributed by atoms with van der Waals surface area (Å²) in [6.45, 7) is 8.50. The van der Waals surface area contributed by atoms with Crippen molar-refractivity contribution in [3.63, 3.8) is 0 Å². The number of nitrogens with one attached hydrogen (secondary N) is 2. The predicted octanol–water partition coefficient (Wildman–Crippen LogP) is 4.20. The Balaban J connectivity index is 1.58. The molecule has 0 unspecified atom stereocenters. The molecule has 3 rings (SSSR count). The van der Waals surface area contributed by atoms with Crippen molar-refractivity contribution < 1.29 is 4.79 Å². The lowest BCUT2D eigenvalue weighted by Crippen LogP contribution is -2.46. The van der Waals surface area contributed by atoms with Crippen LogP contribution >= 0.6 is 11.8 Å². The van der Waals surface area contributed by atoms with Crippen molar-refractivity contribution in [3.05, 3.63) is 29.8 Å². The van der Waals surface area contributed by atoms with Crippen LogP contribution in [0.25, 0.3) is 11.4 Å². The predicted molar refractivity (Wildman–Crippen MR) is 106 cm³/mol. The molecule has 2 N–H and O–H groups in total. The molecule has 0 radical (unpaired) electrons. The quantitative estimate of drug-likeness (QED) is 0.772. The molecular formula is C20H28N4OS. The molecule has 0 spiro atoms. The molecule has 1 aliphatic carbocycles. The first kappa shape index (κ1) is 19.0. The monoisotopic (exact) mass is 372 g/mol. The van der Waals surface area contributed by atoms with Gasteiger partial charge in [-0.2, -0.15) is 0 Å². The zero-order chi connectivity index (χ0) is 18.7. The van der Waals surface area contributed by atoms with Crippen LogP contribution in [0.1, 0.15) is 45.6 Å². The lowest BCUT2D eigenvalue weighted by atomic mass is 9.78. The molecular weight excluding hydrogens is 344 g/mol. The van der Waals surface area contributed by atoms with Crippen LogP contribution in [-0.2, 0) is 4.79 Å². The summed E-state index contributed by atoms with van der Waals surface area (Å²) in [7, 11) is 0. The van der Waals surface area contributed by atoms with Crippen molar-refractivity contribution in [1.29, 1.82) is 0 Å². The lowest BCUT2D eigenvalue weighted by molar-refractivity contribution is -0.121. The fourth-order valence-corrected chi connectivity index (χ4v) is 4.17. The van der Waals surface area contributed by atoms with Crippen LogP contribution in [-0.4, -0.2) is 32.4 Å². The molecule has 1 amide bonds. The molecule has 4 atom stereocenters. The Morgan fingerprint density at radius 3 is 2.73 bits per heavy atom. The molecule has 1 heterocycles. The summed E-state index contributed by atoms with van der Waals surface area (Å²) in [4.78, 5) is 17.1. The normalized spacial score (nSPS) is 24.2. The van der Waals surface area contributed by atoms with E-state index in [0.717, 1.165) is 17.8 Å². The van der Waals surface area contributed by atoms with Crippen molar-refractivity contribution in [2.45, 2.75) is 63.4 Å². The highest BCUT2D eigenvalue weighted by Crippen LogP contribution is 2.30. The number of amides is 1. The molecule has 0 saturated heterocycles. The second-order valence-corrected chi connectivity index (χ2v) is 8.78. The number of nitrogens with zero attached hydrogens (tertiary/aromatic N) is 2. The Hall–Kier alpha value is -1.82. The van der Waals surface area contributed by atoms with Crippen LogP contribution in [0.2, 0.25) is 0 Å². The van der Waals surface area contributed by atoms with Crippen LogP contribution in [0, 0.1) is 18.8 Å². The first-order valence-electron chi connectivity index (χ1n) is 9.40. The third kappa shape index (κ3) is 4.47. The van der Waals surface area contributed by atoms with E-state index in [2.05, 4.69) is 41.3 Å². The standard InChI is InChI=1S/C20H28N4OS/c1-12-8-10-16(11-9-12)18-22-20(24-23-18)26-15(4)19(25)21-17-7-5-6-13(2)14(17)3/h8-11,13-15,17H,5-7H2,1-4H3,(H,21,25)(H,22,23,24)/t13-,14-,15-,17-/m0/s1. The van der Waals surface area contributed by atoms with E-state index in [1.807, 2.05) is 31.2 Å². The topological polar surface area (TPSA) is 70.7 Å². The van der Waals surface area contributed by atoms with Gasteiger partial charge in [-0.3, -0.25) is 9.89 Å². The average molecular weight is 373 g/mol. The largest absolute Gasteiger partial charge is 0.352 e. The highest BCUT2D eigenvalue weighted by molar-refractivity contribution is 8.00. The van der Waals surface area contributed by atoms with Crippen molar-refractivity contribution in [3.8, 4) is 11.4 Å². The van der Waals surface area contributed by atoms with E-state index < -0.39 is 0 Å². The lowest BCUT2D eigenvalue weighted by Gasteiger charge is -2.35. The number of hydrogen-bond donors (Lipinski definition) is 2. The number of carbonyl (C=O) groups is 1. The minimum Gasteiger partial charge on any atom is -0.352 e. The molecule has 1 fully saturated rings. The molecule has 1 aromatic heterocycles. The second kappa shape index (κ2) is 8.25. The number of rotatable bonds is 5. The van der Waals surface area contributed by atoms with Gasteiger partial charge in [-0.05, 0) is 32.1 Å². The minimum absolute atomic E-state index is 0.0719. The fraction of sp³-hybridized carbons (Fsp3) is 0.550. The molecule has 1 aliphatic rings. The summed E-state index contributed by atoms with van der Waals surface area (Å²) in [5.41, 5.74) is 2.21. The van der Waals surface area contributed by atoms with Gasteiger partial charge in [0.05, 0.1) is 5.25 Å². The summed E-state index contributed by atoms with van der Waals surface area (Å²) in [6.07, 6.45) is 3.53. The van der Waals surface area contributed by atoms with Crippen molar-refractivity contribution in [2.75, 3.05) is 0 Å². The molecule has 0 aliphatic heterocycles. The molecule has 26 heavy (non-hydrogen) atoms. The summed E-state index contributed by atoms with van der Waals surface area (Å²) < 4.78 is 0. The zero-order valence-corrected chi connectivity index (χ0v) is 16.8. The van der Waals surface area contributed by atoms with Crippen molar-refractivity contribution in [2.24, 2.45) is 11.8 Å². The summed E-state index contributed by atoms with van der Waals surface area (Å²) in [5, 5.41) is 10.8. The van der Waals surface area contributed by atoms with Gasteiger partial charge in [0.15, 0.2) is 5.82 Å². The van der Waals surface area contributed by atoms with E-state index in [-0.39, 0.29) is 17.2 Å². The van der Waals surface area contributed by atoms with Crippen molar-refractivity contribution >= 4 is 17.7 Å². The number of benzene rings is 1. The Bertz CT molecular complexity index is 743. The highest BCUT2D eigenvalue weighted by Gasteiger charge is 2.29. The fourth-order valence-electron chi connectivity index (χ4n) is 3.44. The van der Waals surface area contributed by atoms with Crippen LogP contribution in [0.5, 0.6) is 0 Å². The van der Waals surface area contributed by atoms with E-state index >= 15 is 0 Å².